The summed E-state index contributed by atoms with van der Waals surface area (Å²) >= 11 is 0. The molecule has 1 aromatic rings. The monoisotopic (exact) mass is 302 g/mol. The van der Waals surface area contributed by atoms with Gasteiger partial charge in [-0.25, -0.2) is 12.1 Å². The summed E-state index contributed by atoms with van der Waals surface area (Å²) in [5, 5.41) is 0. The third kappa shape index (κ3) is 11.1. The van der Waals surface area contributed by atoms with Gasteiger partial charge in [0.25, 0.3) is 0 Å². The van der Waals surface area contributed by atoms with Gasteiger partial charge in [0.05, 0.1) is 0 Å². The largest absolute Gasteiger partial charge is 0.343 e. The van der Waals surface area contributed by atoms with Crippen molar-refractivity contribution in [3.05, 3.63) is 37.3 Å². The second-order valence-corrected chi connectivity index (χ2v) is 1.82. The number of unbranched alkanes of at least 4 members (excludes halogenated alkanes) is 1. The first-order chi connectivity index (χ1) is 4.41. The number of hydrogen-bond acceptors (Lipinski definition) is 0. The van der Waals surface area contributed by atoms with Gasteiger partial charge >= 0.3 is 0 Å². The van der Waals surface area contributed by atoms with Crippen LogP contribution >= 0.6 is 0 Å². The first-order valence-corrected chi connectivity index (χ1v) is 3.37. The van der Waals surface area contributed by atoms with E-state index in [0.29, 0.717) is 0 Å². The Morgan fingerprint density at radius 3 is 1.80 bits per heavy atom. The molecule has 10 heavy (non-hydrogen) atoms. The fourth-order valence-corrected chi connectivity index (χ4v) is 0.321. The molecule has 0 heterocycles. The Balaban J connectivity index is 0. The second kappa shape index (κ2) is 12.0. The van der Waals surface area contributed by atoms with Crippen LogP contribution in [0.1, 0.15) is 19.8 Å². The molecule has 0 nitrogen and oxygen atoms in total. The van der Waals surface area contributed by atoms with Gasteiger partial charge in [-0.15, -0.1) is 0 Å². The maximum Gasteiger partial charge on any atom is 0 e. The van der Waals surface area contributed by atoms with E-state index in [2.05, 4.69) is 13.8 Å². The van der Waals surface area contributed by atoms with Gasteiger partial charge in [0.2, 0.25) is 0 Å². The van der Waals surface area contributed by atoms with Crippen LogP contribution in [-0.4, -0.2) is 0 Å². The Kier molecular flexibility index (Phi) is 15.4. The molecular weight excluding hydrogens is 287 g/mol. The summed E-state index contributed by atoms with van der Waals surface area (Å²) < 4.78 is 0. The van der Waals surface area contributed by atoms with Crippen molar-refractivity contribution in [2.24, 2.45) is 0 Å². The van der Waals surface area contributed by atoms with Gasteiger partial charge in [0.15, 0.2) is 0 Å². The zero-order valence-electron chi connectivity index (χ0n) is 6.51. The molecule has 0 amide bonds. The molecule has 0 saturated carbocycles. The maximum atomic E-state index is 3.60. The van der Waals surface area contributed by atoms with Gasteiger partial charge in [-0.2, -0.15) is 24.6 Å². The average molecular weight is 301 g/mol. The first-order valence-electron chi connectivity index (χ1n) is 3.37. The molecule has 0 aliphatic carbocycles. The predicted octanol–water partition coefficient (Wildman–Crippen LogP) is 3.02. The summed E-state index contributed by atoms with van der Waals surface area (Å²) in [6.45, 7) is 5.72. The van der Waals surface area contributed by atoms with Crippen LogP contribution in [0.5, 0.6) is 0 Å². The summed E-state index contributed by atoms with van der Waals surface area (Å²) in [5.41, 5.74) is 0. The van der Waals surface area contributed by atoms with E-state index in [9.17, 15) is 0 Å². The Bertz CT molecular complexity index is 80.3. The van der Waals surface area contributed by atoms with Gasteiger partial charge in [-0.05, 0) is 0 Å². The van der Waals surface area contributed by atoms with Crippen molar-refractivity contribution >= 4 is 0 Å². The van der Waals surface area contributed by atoms with Crippen molar-refractivity contribution in [1.82, 2.24) is 0 Å². The SMILES string of the molecule is [CH2-]CCC.[Hf].c1cc[cH-]c1. The van der Waals surface area contributed by atoms with Crippen molar-refractivity contribution in [2.45, 2.75) is 19.8 Å². The second-order valence-electron chi connectivity index (χ2n) is 1.82. The van der Waals surface area contributed by atoms with Gasteiger partial charge in [-0.3, -0.25) is 0 Å². The minimum Gasteiger partial charge on any atom is -0.343 e. The fraction of sp³-hybridized carbons (Fsp3) is 0.333. The molecule has 0 aliphatic rings. The van der Waals surface area contributed by atoms with Crippen molar-refractivity contribution in [2.75, 3.05) is 0 Å². The Morgan fingerprint density at radius 2 is 1.70 bits per heavy atom. The number of rotatable bonds is 1. The van der Waals surface area contributed by atoms with Crippen LogP contribution in [0.2, 0.25) is 0 Å². The normalized spacial score (nSPS) is 7.00. The summed E-state index contributed by atoms with van der Waals surface area (Å²) in [7, 11) is 0. The molecule has 0 atom stereocenters. The first kappa shape index (κ1) is 12.9. The van der Waals surface area contributed by atoms with Crippen molar-refractivity contribution < 1.29 is 25.8 Å². The zero-order chi connectivity index (χ0) is 6.95. The van der Waals surface area contributed by atoms with E-state index in [1.54, 1.807) is 0 Å². The van der Waals surface area contributed by atoms with E-state index >= 15 is 0 Å². The van der Waals surface area contributed by atoms with Crippen molar-refractivity contribution in [3.63, 3.8) is 0 Å². The van der Waals surface area contributed by atoms with E-state index in [4.69, 9.17) is 0 Å². The standard InChI is InChI=1S/C5H5.C4H9.Hf/c1-2-4-5-3-1;1-3-4-2;/h1-5H;1,3-4H2,2H3;/q2*-1;. The van der Waals surface area contributed by atoms with Crippen LogP contribution in [0.3, 0.4) is 0 Å². The molecule has 0 aromatic heterocycles. The minimum atomic E-state index is 0. The van der Waals surface area contributed by atoms with Crippen LogP contribution in [0, 0.1) is 6.92 Å². The Morgan fingerprint density at radius 1 is 1.30 bits per heavy atom. The van der Waals surface area contributed by atoms with Gasteiger partial charge in [0.1, 0.15) is 0 Å². The molecule has 1 heteroatoms. The molecular formula is C9H14Hf-2. The summed E-state index contributed by atoms with van der Waals surface area (Å²) in [6, 6.07) is 10.0. The van der Waals surface area contributed by atoms with E-state index in [1.165, 1.54) is 6.42 Å². The molecule has 1 rings (SSSR count). The molecule has 0 unspecified atom stereocenters. The van der Waals surface area contributed by atoms with Crippen LogP contribution in [0.4, 0.5) is 0 Å². The van der Waals surface area contributed by atoms with Crippen LogP contribution in [0.15, 0.2) is 30.3 Å². The van der Waals surface area contributed by atoms with E-state index in [-0.39, 0.29) is 25.8 Å². The third-order valence-electron chi connectivity index (χ3n) is 0.909. The smallest absolute Gasteiger partial charge is 0 e. The molecule has 0 saturated heterocycles. The van der Waals surface area contributed by atoms with E-state index < -0.39 is 0 Å². The maximum absolute atomic E-state index is 3.60. The quantitative estimate of drug-likeness (QED) is 0.552. The molecule has 0 radical (unpaired) electrons. The van der Waals surface area contributed by atoms with E-state index in [0.717, 1.165) is 6.42 Å². The topological polar surface area (TPSA) is 0 Å². The minimum absolute atomic E-state index is 0. The molecule has 0 fully saturated rings. The van der Waals surface area contributed by atoms with Crippen molar-refractivity contribution in [1.29, 1.82) is 0 Å². The van der Waals surface area contributed by atoms with E-state index in [1.807, 2.05) is 30.3 Å². The Labute approximate surface area is 82.8 Å². The van der Waals surface area contributed by atoms with Crippen molar-refractivity contribution in [3.8, 4) is 0 Å². The third-order valence-corrected chi connectivity index (χ3v) is 0.909. The number of hydrogen-bond donors (Lipinski definition) is 0. The predicted molar refractivity (Wildman–Crippen MR) is 42.3 cm³/mol. The summed E-state index contributed by atoms with van der Waals surface area (Å²) in [6.07, 6.45) is 2.28. The molecule has 0 spiro atoms. The molecule has 0 N–H and O–H groups in total. The zero-order valence-corrected chi connectivity index (χ0v) is 10.1. The summed E-state index contributed by atoms with van der Waals surface area (Å²) in [4.78, 5) is 0. The van der Waals surface area contributed by atoms with Gasteiger partial charge in [0, 0.05) is 25.8 Å². The molecule has 0 bridgehead atoms. The molecule has 0 aliphatic heterocycles. The van der Waals surface area contributed by atoms with Crippen LogP contribution in [-0.2, 0) is 25.8 Å². The molecule has 1 aromatic carbocycles. The Hall–Kier alpha value is 0.220. The summed E-state index contributed by atoms with van der Waals surface area (Å²) in [5.74, 6) is 0. The molecule has 56 valence electrons. The van der Waals surface area contributed by atoms with Gasteiger partial charge in [-0.1, -0.05) is 13.3 Å². The van der Waals surface area contributed by atoms with Crippen LogP contribution in [0.25, 0.3) is 0 Å². The fourth-order valence-electron chi connectivity index (χ4n) is 0.321. The van der Waals surface area contributed by atoms with Crippen LogP contribution < -0.4 is 0 Å². The average Bonchev–Trinajstić information content (AvgIpc) is 2.43. The van der Waals surface area contributed by atoms with Gasteiger partial charge < -0.3 is 6.92 Å².